The summed E-state index contributed by atoms with van der Waals surface area (Å²) in [6.07, 6.45) is 0. The zero-order chi connectivity index (χ0) is 14.7. The Hall–Kier alpha value is -2.44. The fourth-order valence-corrected chi connectivity index (χ4v) is 1.52. The van der Waals surface area contributed by atoms with Crippen molar-refractivity contribution >= 4 is 5.97 Å². The van der Waals surface area contributed by atoms with Gasteiger partial charge in [-0.15, -0.1) is 0 Å². The van der Waals surface area contributed by atoms with Crippen molar-refractivity contribution in [3.63, 3.8) is 0 Å². The number of pyridine rings is 1. The topological polar surface area (TPSA) is 98.3 Å². The molecule has 7 nitrogen and oxygen atoms in total. The van der Waals surface area contributed by atoms with Gasteiger partial charge >= 0.3 is 5.97 Å². The number of carboxylic acids is 1. The Morgan fingerprint density at radius 3 is 2.75 bits per heavy atom. The van der Waals surface area contributed by atoms with Crippen LogP contribution >= 0.6 is 0 Å². The Morgan fingerprint density at radius 2 is 2.15 bits per heavy atom. The molecule has 2 heterocycles. The second kappa shape index (κ2) is 5.68. The minimum Gasteiger partial charge on any atom is -0.483 e. The molecular formula is C13H15N3O4. The molecule has 0 atom stereocenters. The van der Waals surface area contributed by atoms with Gasteiger partial charge in [-0.3, -0.25) is 0 Å². The van der Waals surface area contributed by atoms with Gasteiger partial charge < -0.3 is 14.4 Å². The molecule has 106 valence electrons. The van der Waals surface area contributed by atoms with Gasteiger partial charge in [0.2, 0.25) is 11.7 Å². The average Bonchev–Trinajstić information content (AvgIpc) is 2.86. The number of hydrogen-bond acceptors (Lipinski definition) is 6. The molecule has 20 heavy (non-hydrogen) atoms. The Labute approximate surface area is 115 Å². The van der Waals surface area contributed by atoms with Gasteiger partial charge in [0.25, 0.3) is 0 Å². The van der Waals surface area contributed by atoms with Gasteiger partial charge in [0.1, 0.15) is 0 Å². The largest absolute Gasteiger partial charge is 0.483 e. The SMILES string of the molecule is Cc1ccc(OCc2noc(C(C)C)n2)c(C(=O)O)n1. The van der Waals surface area contributed by atoms with Crippen molar-refractivity contribution in [1.82, 2.24) is 15.1 Å². The normalized spacial score (nSPS) is 10.8. The standard InChI is InChI=1S/C13H15N3O4/c1-7(2)12-15-10(16-20-12)6-19-9-5-4-8(3)14-11(9)13(17)18/h4-5,7H,6H2,1-3H3,(H,17,18). The maximum atomic E-state index is 11.1. The van der Waals surface area contributed by atoms with E-state index in [1.54, 1.807) is 19.1 Å². The molecule has 0 radical (unpaired) electrons. The molecule has 0 saturated heterocycles. The van der Waals surface area contributed by atoms with Crippen LogP contribution in [0.4, 0.5) is 0 Å². The molecule has 2 aromatic heterocycles. The van der Waals surface area contributed by atoms with E-state index in [2.05, 4.69) is 15.1 Å². The molecule has 0 bridgehead atoms. The summed E-state index contributed by atoms with van der Waals surface area (Å²) in [6, 6.07) is 3.24. The number of nitrogens with zero attached hydrogens (tertiary/aromatic N) is 3. The van der Waals surface area contributed by atoms with Crippen LogP contribution in [-0.4, -0.2) is 26.2 Å². The molecule has 0 spiro atoms. The summed E-state index contributed by atoms with van der Waals surface area (Å²) in [7, 11) is 0. The van der Waals surface area contributed by atoms with Crippen LogP contribution in [0.2, 0.25) is 0 Å². The van der Waals surface area contributed by atoms with Crippen molar-refractivity contribution in [2.24, 2.45) is 0 Å². The van der Waals surface area contributed by atoms with Crippen molar-refractivity contribution in [3.05, 3.63) is 35.2 Å². The molecule has 0 fully saturated rings. The summed E-state index contributed by atoms with van der Waals surface area (Å²) in [5, 5.41) is 12.8. The van der Waals surface area contributed by atoms with E-state index >= 15 is 0 Å². The van der Waals surface area contributed by atoms with Gasteiger partial charge in [-0.2, -0.15) is 4.98 Å². The smallest absolute Gasteiger partial charge is 0.358 e. The molecule has 0 unspecified atom stereocenters. The summed E-state index contributed by atoms with van der Waals surface area (Å²) < 4.78 is 10.4. The fraction of sp³-hybridized carbons (Fsp3) is 0.385. The maximum Gasteiger partial charge on any atom is 0.358 e. The summed E-state index contributed by atoms with van der Waals surface area (Å²) in [6.45, 7) is 5.61. The molecule has 1 N–H and O–H groups in total. The van der Waals surface area contributed by atoms with Gasteiger partial charge in [0.05, 0.1) is 0 Å². The number of aromatic nitrogens is 3. The molecular weight excluding hydrogens is 262 g/mol. The number of aromatic carboxylic acids is 1. The van der Waals surface area contributed by atoms with E-state index in [1.807, 2.05) is 13.8 Å². The number of carbonyl (C=O) groups is 1. The number of hydrogen-bond donors (Lipinski definition) is 1. The van der Waals surface area contributed by atoms with Crippen LogP contribution in [0.1, 0.15) is 47.7 Å². The third-order valence-corrected chi connectivity index (χ3v) is 2.53. The monoisotopic (exact) mass is 277 g/mol. The first-order valence-electron chi connectivity index (χ1n) is 6.13. The van der Waals surface area contributed by atoms with Crippen molar-refractivity contribution in [3.8, 4) is 5.75 Å². The van der Waals surface area contributed by atoms with E-state index in [4.69, 9.17) is 14.4 Å². The Kier molecular flexibility index (Phi) is 3.97. The quantitative estimate of drug-likeness (QED) is 0.894. The third kappa shape index (κ3) is 3.11. The minimum absolute atomic E-state index is 0.0290. The first kappa shape index (κ1) is 14.0. The predicted octanol–water partition coefficient (Wildman–Crippen LogP) is 2.17. The summed E-state index contributed by atoms with van der Waals surface area (Å²) >= 11 is 0. The number of carboxylic acid groups (broad SMARTS) is 1. The first-order valence-corrected chi connectivity index (χ1v) is 6.13. The zero-order valence-corrected chi connectivity index (χ0v) is 11.5. The van der Waals surface area contributed by atoms with E-state index in [1.165, 1.54) is 0 Å². The minimum atomic E-state index is -1.14. The zero-order valence-electron chi connectivity index (χ0n) is 11.5. The molecule has 0 aliphatic heterocycles. The van der Waals surface area contributed by atoms with Gasteiger partial charge in [-0.1, -0.05) is 19.0 Å². The lowest BCUT2D eigenvalue weighted by Crippen LogP contribution is -2.07. The highest BCUT2D eigenvalue weighted by Gasteiger charge is 2.15. The second-order valence-corrected chi connectivity index (χ2v) is 4.60. The number of aryl methyl sites for hydroxylation is 1. The van der Waals surface area contributed by atoms with Crippen LogP contribution in [0.25, 0.3) is 0 Å². The van der Waals surface area contributed by atoms with Gasteiger partial charge in [-0.25, -0.2) is 9.78 Å². The van der Waals surface area contributed by atoms with E-state index < -0.39 is 5.97 Å². The van der Waals surface area contributed by atoms with E-state index in [0.717, 1.165) is 0 Å². The van der Waals surface area contributed by atoms with Crippen molar-refractivity contribution in [2.75, 3.05) is 0 Å². The highest BCUT2D eigenvalue weighted by atomic mass is 16.5. The van der Waals surface area contributed by atoms with Crippen molar-refractivity contribution in [2.45, 2.75) is 33.3 Å². The van der Waals surface area contributed by atoms with Crippen molar-refractivity contribution in [1.29, 1.82) is 0 Å². The Balaban J connectivity index is 2.12. The number of ether oxygens (including phenoxy) is 1. The maximum absolute atomic E-state index is 11.1. The van der Waals surface area contributed by atoms with Crippen molar-refractivity contribution < 1.29 is 19.2 Å². The predicted molar refractivity (Wildman–Crippen MR) is 68.7 cm³/mol. The van der Waals surface area contributed by atoms with Gasteiger partial charge in [0.15, 0.2) is 18.1 Å². The molecule has 2 rings (SSSR count). The van der Waals surface area contributed by atoms with E-state index in [0.29, 0.717) is 17.4 Å². The summed E-state index contributed by atoms with van der Waals surface area (Å²) in [5.74, 6) is 0.0558. The molecule has 0 amide bonds. The Morgan fingerprint density at radius 1 is 1.40 bits per heavy atom. The third-order valence-electron chi connectivity index (χ3n) is 2.53. The van der Waals surface area contributed by atoms with Gasteiger partial charge in [-0.05, 0) is 19.1 Å². The molecule has 0 saturated carbocycles. The molecule has 2 aromatic rings. The van der Waals surface area contributed by atoms with Crippen LogP contribution in [0.5, 0.6) is 5.75 Å². The molecule has 0 aliphatic carbocycles. The van der Waals surface area contributed by atoms with Crippen LogP contribution < -0.4 is 4.74 Å². The molecule has 0 aromatic carbocycles. The van der Waals surface area contributed by atoms with E-state index in [9.17, 15) is 4.79 Å². The average molecular weight is 277 g/mol. The highest BCUT2D eigenvalue weighted by molar-refractivity contribution is 5.88. The molecule has 7 heteroatoms. The van der Waals surface area contributed by atoms with Gasteiger partial charge in [0, 0.05) is 11.6 Å². The lowest BCUT2D eigenvalue weighted by molar-refractivity contribution is 0.0684. The molecule has 0 aliphatic rings. The lowest BCUT2D eigenvalue weighted by Gasteiger charge is -2.06. The second-order valence-electron chi connectivity index (χ2n) is 4.60. The van der Waals surface area contributed by atoms with Crippen LogP contribution in [-0.2, 0) is 6.61 Å². The van der Waals surface area contributed by atoms with Crippen LogP contribution in [0, 0.1) is 6.92 Å². The fourth-order valence-electron chi connectivity index (χ4n) is 1.52. The summed E-state index contributed by atoms with van der Waals surface area (Å²) in [5.41, 5.74) is 0.481. The number of rotatable bonds is 5. The van der Waals surface area contributed by atoms with Crippen LogP contribution in [0.3, 0.4) is 0 Å². The summed E-state index contributed by atoms with van der Waals surface area (Å²) in [4.78, 5) is 19.2. The highest BCUT2D eigenvalue weighted by Crippen LogP contribution is 2.18. The Bertz CT molecular complexity index is 622. The lowest BCUT2D eigenvalue weighted by atomic mass is 10.2. The van der Waals surface area contributed by atoms with Crippen LogP contribution in [0.15, 0.2) is 16.7 Å². The van der Waals surface area contributed by atoms with E-state index in [-0.39, 0.29) is 24.0 Å². The first-order chi connectivity index (χ1) is 9.47.